The van der Waals surface area contributed by atoms with Crippen LogP contribution in [0, 0.1) is 6.92 Å². The van der Waals surface area contributed by atoms with Crippen molar-refractivity contribution in [1.82, 2.24) is 10.2 Å². The second-order valence-corrected chi connectivity index (χ2v) is 9.15. The Kier molecular flexibility index (Phi) is 7.28. The van der Waals surface area contributed by atoms with Crippen LogP contribution in [-0.2, 0) is 0 Å². The third-order valence-electron chi connectivity index (χ3n) is 6.87. The zero-order chi connectivity index (χ0) is 25.8. The molecule has 1 aliphatic heterocycles. The molecule has 1 amide bonds. The Morgan fingerprint density at radius 2 is 1.84 bits per heavy atom. The Bertz CT molecular complexity index is 1440. The molecule has 0 atom stereocenters. The highest BCUT2D eigenvalue weighted by atomic mass is 16.5. The van der Waals surface area contributed by atoms with Gasteiger partial charge in [0.2, 0.25) is 0 Å². The number of hydrogen-bond donors (Lipinski definition) is 1. The number of para-hydroxylation sites is 3. The second kappa shape index (κ2) is 10.9. The van der Waals surface area contributed by atoms with Gasteiger partial charge in [0.25, 0.3) is 5.91 Å². The summed E-state index contributed by atoms with van der Waals surface area (Å²) in [5.41, 5.74) is 2.02. The lowest BCUT2D eigenvalue weighted by Crippen LogP contribution is -2.47. The number of furan rings is 1. The van der Waals surface area contributed by atoms with Gasteiger partial charge in [-0.2, -0.15) is 0 Å². The monoisotopic (exact) mass is 501 g/mol. The summed E-state index contributed by atoms with van der Waals surface area (Å²) in [6.45, 7) is 6.89. The number of amides is 1. The van der Waals surface area contributed by atoms with E-state index in [2.05, 4.69) is 21.2 Å². The SMILES string of the molecule is COc1ccccc1N1CCN(CCCNC(=O)c2cccc3c(=O)c(C)c(-c4ccco4)oc23)CC1. The molecule has 1 aliphatic rings. The first-order valence-electron chi connectivity index (χ1n) is 12.6. The Hall–Kier alpha value is -4.04. The van der Waals surface area contributed by atoms with Gasteiger partial charge in [-0.15, -0.1) is 0 Å². The molecule has 8 nitrogen and oxygen atoms in total. The first kappa shape index (κ1) is 24.6. The third kappa shape index (κ3) is 5.11. The first-order valence-corrected chi connectivity index (χ1v) is 12.6. The minimum atomic E-state index is -0.260. The number of anilines is 1. The highest BCUT2D eigenvalue weighted by Gasteiger charge is 2.21. The molecular weight excluding hydrogens is 470 g/mol. The molecule has 3 heterocycles. The van der Waals surface area contributed by atoms with E-state index in [9.17, 15) is 9.59 Å². The van der Waals surface area contributed by atoms with Gasteiger partial charge in [-0.1, -0.05) is 18.2 Å². The van der Waals surface area contributed by atoms with Crippen LogP contribution >= 0.6 is 0 Å². The van der Waals surface area contributed by atoms with Crippen LogP contribution < -0.4 is 20.4 Å². The van der Waals surface area contributed by atoms with E-state index in [0.717, 1.165) is 50.6 Å². The van der Waals surface area contributed by atoms with E-state index in [4.69, 9.17) is 13.6 Å². The number of ether oxygens (including phenoxy) is 1. The maximum absolute atomic E-state index is 13.0. The number of methoxy groups -OCH3 is 1. The van der Waals surface area contributed by atoms with Gasteiger partial charge in [0.05, 0.1) is 30.0 Å². The molecule has 192 valence electrons. The summed E-state index contributed by atoms with van der Waals surface area (Å²) in [6, 6.07) is 16.6. The zero-order valence-corrected chi connectivity index (χ0v) is 21.2. The fraction of sp³-hybridized carbons (Fsp3) is 0.310. The van der Waals surface area contributed by atoms with Crippen molar-refractivity contribution < 1.29 is 18.4 Å². The summed E-state index contributed by atoms with van der Waals surface area (Å²) < 4.78 is 17.0. The van der Waals surface area contributed by atoms with Crippen LogP contribution in [0.25, 0.3) is 22.5 Å². The van der Waals surface area contributed by atoms with Gasteiger partial charge in [-0.3, -0.25) is 14.5 Å². The molecule has 1 N–H and O–H groups in total. The molecule has 0 unspecified atom stereocenters. The van der Waals surface area contributed by atoms with Crippen LogP contribution in [0.15, 0.2) is 74.5 Å². The minimum Gasteiger partial charge on any atom is -0.495 e. The third-order valence-corrected chi connectivity index (χ3v) is 6.87. The number of fused-ring (bicyclic) bond motifs is 1. The van der Waals surface area contributed by atoms with Crippen LogP contribution in [0.4, 0.5) is 5.69 Å². The number of carbonyl (C=O) groups excluding carboxylic acids is 1. The van der Waals surface area contributed by atoms with E-state index in [-0.39, 0.29) is 16.9 Å². The van der Waals surface area contributed by atoms with Gasteiger partial charge in [0.15, 0.2) is 22.5 Å². The van der Waals surface area contributed by atoms with Crippen molar-refractivity contribution in [3.05, 3.63) is 82.2 Å². The largest absolute Gasteiger partial charge is 0.495 e. The molecule has 0 radical (unpaired) electrons. The van der Waals surface area contributed by atoms with Gasteiger partial charge in [0.1, 0.15) is 5.75 Å². The van der Waals surface area contributed by atoms with Crippen molar-refractivity contribution in [3.8, 4) is 17.3 Å². The van der Waals surface area contributed by atoms with Crippen LogP contribution in [0.1, 0.15) is 22.3 Å². The summed E-state index contributed by atoms with van der Waals surface area (Å²) >= 11 is 0. The van der Waals surface area contributed by atoms with Gasteiger partial charge in [-0.05, 0) is 56.3 Å². The molecule has 1 fully saturated rings. The number of nitrogens with zero attached hydrogens (tertiary/aromatic N) is 2. The molecule has 0 spiro atoms. The smallest absolute Gasteiger partial charge is 0.255 e. The van der Waals surface area contributed by atoms with E-state index in [0.29, 0.717) is 34.6 Å². The minimum absolute atomic E-state index is 0.172. The summed E-state index contributed by atoms with van der Waals surface area (Å²) in [7, 11) is 1.70. The van der Waals surface area contributed by atoms with Crippen molar-refractivity contribution in [2.24, 2.45) is 0 Å². The number of benzene rings is 2. The van der Waals surface area contributed by atoms with Crippen molar-refractivity contribution in [1.29, 1.82) is 0 Å². The molecule has 1 saturated heterocycles. The molecule has 0 bridgehead atoms. The van der Waals surface area contributed by atoms with Gasteiger partial charge in [-0.25, -0.2) is 0 Å². The Morgan fingerprint density at radius 1 is 1.03 bits per heavy atom. The average Bonchev–Trinajstić information content (AvgIpc) is 3.48. The molecule has 5 rings (SSSR count). The molecule has 2 aromatic heterocycles. The van der Waals surface area contributed by atoms with E-state index in [1.54, 1.807) is 44.4 Å². The van der Waals surface area contributed by atoms with Crippen molar-refractivity contribution in [3.63, 3.8) is 0 Å². The fourth-order valence-corrected chi connectivity index (χ4v) is 4.83. The van der Waals surface area contributed by atoms with Gasteiger partial charge >= 0.3 is 0 Å². The molecule has 0 aliphatic carbocycles. The summed E-state index contributed by atoms with van der Waals surface area (Å²) in [5.74, 6) is 1.44. The zero-order valence-electron chi connectivity index (χ0n) is 21.2. The van der Waals surface area contributed by atoms with Gasteiger partial charge < -0.3 is 23.8 Å². The lowest BCUT2D eigenvalue weighted by molar-refractivity contribution is 0.0952. The highest BCUT2D eigenvalue weighted by molar-refractivity contribution is 6.05. The van der Waals surface area contributed by atoms with Crippen molar-refractivity contribution in [2.75, 3.05) is 51.3 Å². The molecular formula is C29H31N3O5. The summed E-state index contributed by atoms with van der Waals surface area (Å²) in [4.78, 5) is 30.8. The molecule has 0 saturated carbocycles. The van der Waals surface area contributed by atoms with Crippen LogP contribution in [0.5, 0.6) is 5.75 Å². The molecule has 8 heteroatoms. The Balaban J connectivity index is 1.18. The van der Waals surface area contributed by atoms with E-state index in [1.807, 2.05) is 18.2 Å². The number of hydrogen-bond acceptors (Lipinski definition) is 7. The number of piperazine rings is 1. The highest BCUT2D eigenvalue weighted by Crippen LogP contribution is 2.29. The maximum Gasteiger partial charge on any atom is 0.255 e. The maximum atomic E-state index is 13.0. The van der Waals surface area contributed by atoms with Gasteiger partial charge in [0, 0.05) is 38.3 Å². The average molecular weight is 502 g/mol. The number of rotatable bonds is 8. The topological polar surface area (TPSA) is 88.2 Å². The quantitative estimate of drug-likeness (QED) is 0.360. The standard InChI is InChI=1S/C29H31N3O5/c1-20-26(33)21-8-5-9-22(28(21)37-27(20)25-12-6-19-36-25)29(34)30-13-7-14-31-15-17-32(18-16-31)23-10-3-4-11-24(23)35-2/h3-6,8-12,19H,7,13-18H2,1-2H3,(H,30,34). The predicted molar refractivity (Wildman–Crippen MR) is 144 cm³/mol. The lowest BCUT2D eigenvalue weighted by Gasteiger charge is -2.36. The normalized spacial score (nSPS) is 14.2. The second-order valence-electron chi connectivity index (χ2n) is 9.15. The summed E-state index contributed by atoms with van der Waals surface area (Å²) in [5, 5.41) is 3.37. The van der Waals surface area contributed by atoms with Crippen molar-refractivity contribution >= 4 is 22.6 Å². The lowest BCUT2D eigenvalue weighted by atomic mass is 10.1. The van der Waals surface area contributed by atoms with Crippen molar-refractivity contribution in [2.45, 2.75) is 13.3 Å². The van der Waals surface area contributed by atoms with E-state index in [1.165, 1.54) is 6.26 Å². The van der Waals surface area contributed by atoms with E-state index < -0.39 is 0 Å². The van der Waals surface area contributed by atoms with Crippen LogP contribution in [0.3, 0.4) is 0 Å². The molecule has 2 aromatic carbocycles. The number of nitrogens with one attached hydrogen (secondary N) is 1. The van der Waals surface area contributed by atoms with Crippen LogP contribution in [0.2, 0.25) is 0 Å². The first-order chi connectivity index (χ1) is 18.1. The molecule has 4 aromatic rings. The predicted octanol–water partition coefficient (Wildman–Crippen LogP) is 4.31. The fourth-order valence-electron chi connectivity index (χ4n) is 4.83. The van der Waals surface area contributed by atoms with E-state index >= 15 is 0 Å². The number of carbonyl (C=O) groups is 1. The Morgan fingerprint density at radius 3 is 2.59 bits per heavy atom. The Labute approximate surface area is 215 Å². The van der Waals surface area contributed by atoms with Crippen LogP contribution in [-0.4, -0.2) is 57.2 Å². The molecule has 37 heavy (non-hydrogen) atoms. The summed E-state index contributed by atoms with van der Waals surface area (Å²) in [6.07, 6.45) is 2.35.